The number of hydrogen-bond donors (Lipinski definition) is 2. The van der Waals surface area contributed by atoms with Gasteiger partial charge >= 0.3 is 0 Å². The topological polar surface area (TPSA) is 68.4 Å². The van der Waals surface area contributed by atoms with Crippen molar-refractivity contribution in [3.63, 3.8) is 0 Å². The van der Waals surface area contributed by atoms with Gasteiger partial charge in [-0.3, -0.25) is 4.98 Å². The molecule has 2 aromatic rings. The zero-order chi connectivity index (χ0) is 15.2. The Balaban J connectivity index is 2.07. The maximum atomic E-state index is 10.3. The molecule has 0 aliphatic carbocycles. The lowest BCUT2D eigenvalue weighted by Gasteiger charge is -2.40. The second kappa shape index (κ2) is 4.83. The first-order chi connectivity index (χ1) is 9.88. The van der Waals surface area contributed by atoms with Crippen LogP contribution in [-0.4, -0.2) is 21.8 Å². The maximum absolute atomic E-state index is 10.3. The van der Waals surface area contributed by atoms with Gasteiger partial charge in [0.2, 0.25) is 0 Å². The van der Waals surface area contributed by atoms with Crippen LogP contribution in [0.4, 0.5) is 0 Å². The molecule has 2 atom stereocenters. The summed E-state index contributed by atoms with van der Waals surface area (Å²) < 4.78 is 5.87. The summed E-state index contributed by atoms with van der Waals surface area (Å²) in [5, 5.41) is 10.3. The molecule has 21 heavy (non-hydrogen) atoms. The first-order valence-corrected chi connectivity index (χ1v) is 7.08. The molecule has 110 valence electrons. The second-order valence-electron chi connectivity index (χ2n) is 6.11. The Morgan fingerprint density at radius 3 is 2.62 bits per heavy atom. The van der Waals surface area contributed by atoms with Crippen molar-refractivity contribution in [3.05, 3.63) is 47.8 Å². The summed E-state index contributed by atoms with van der Waals surface area (Å²) >= 11 is 0. The molecule has 0 saturated heterocycles. The number of aliphatic hydroxyl groups is 1. The number of aryl methyl sites for hydroxylation is 1. The summed E-state index contributed by atoms with van der Waals surface area (Å²) in [4.78, 5) is 4.21. The first kappa shape index (κ1) is 14.0. The van der Waals surface area contributed by atoms with E-state index in [-0.39, 0.29) is 0 Å². The largest absolute Gasteiger partial charge is 0.485 e. The van der Waals surface area contributed by atoms with E-state index in [1.165, 1.54) is 0 Å². The number of nitrogens with two attached hydrogens (primary N) is 1. The van der Waals surface area contributed by atoms with Gasteiger partial charge in [-0.05, 0) is 56.2 Å². The van der Waals surface area contributed by atoms with Crippen LogP contribution in [0.5, 0.6) is 5.75 Å². The Kier molecular flexibility index (Phi) is 3.23. The van der Waals surface area contributed by atoms with Gasteiger partial charge < -0.3 is 15.6 Å². The molecule has 0 saturated carbocycles. The number of aromatic nitrogens is 1. The van der Waals surface area contributed by atoms with Gasteiger partial charge in [-0.25, -0.2) is 0 Å². The molecule has 0 spiro atoms. The molecule has 4 nitrogen and oxygen atoms in total. The average Bonchev–Trinajstić information content (AvgIpc) is 2.44. The zero-order valence-corrected chi connectivity index (χ0v) is 12.5. The van der Waals surface area contributed by atoms with Crippen molar-refractivity contribution < 1.29 is 9.84 Å². The number of fused-ring (bicyclic) bond motifs is 1. The number of hydrogen-bond acceptors (Lipinski definition) is 4. The third-order valence-electron chi connectivity index (χ3n) is 4.02. The Labute approximate surface area is 124 Å². The minimum Gasteiger partial charge on any atom is -0.485 e. The smallest absolute Gasteiger partial charge is 0.131 e. The molecule has 0 bridgehead atoms. The van der Waals surface area contributed by atoms with Gasteiger partial charge in [0.15, 0.2) is 0 Å². The summed E-state index contributed by atoms with van der Waals surface area (Å²) in [6.45, 7) is 5.66. The van der Waals surface area contributed by atoms with E-state index in [0.717, 1.165) is 28.1 Å². The Morgan fingerprint density at radius 2 is 1.90 bits per heavy atom. The van der Waals surface area contributed by atoms with Crippen molar-refractivity contribution in [2.24, 2.45) is 5.73 Å². The van der Waals surface area contributed by atoms with Crippen LogP contribution in [0.3, 0.4) is 0 Å². The lowest BCUT2D eigenvalue weighted by atomic mass is 9.86. The van der Waals surface area contributed by atoms with Crippen LogP contribution in [0.25, 0.3) is 11.1 Å². The quantitative estimate of drug-likeness (QED) is 0.844. The van der Waals surface area contributed by atoms with Gasteiger partial charge in [0, 0.05) is 17.5 Å². The molecule has 3 rings (SSSR count). The van der Waals surface area contributed by atoms with Crippen LogP contribution >= 0.6 is 0 Å². The average molecular weight is 284 g/mol. The minimum atomic E-state index is -0.737. The van der Waals surface area contributed by atoms with Gasteiger partial charge in [-0.2, -0.15) is 0 Å². The number of benzene rings is 1. The summed E-state index contributed by atoms with van der Waals surface area (Å²) in [6, 6.07) is 9.46. The Hall–Kier alpha value is -1.91. The summed E-state index contributed by atoms with van der Waals surface area (Å²) in [6.07, 6.45) is 1.05. The van der Waals surface area contributed by atoms with E-state index in [0.29, 0.717) is 0 Å². The molecule has 3 N–H and O–H groups in total. The van der Waals surface area contributed by atoms with E-state index >= 15 is 0 Å². The maximum Gasteiger partial charge on any atom is 0.131 e. The molecule has 0 radical (unpaired) electrons. The third kappa shape index (κ3) is 2.41. The highest BCUT2D eigenvalue weighted by Gasteiger charge is 2.41. The lowest BCUT2D eigenvalue weighted by Crippen LogP contribution is -2.51. The molecular formula is C17H20N2O2. The van der Waals surface area contributed by atoms with Crippen LogP contribution in [-0.2, 0) is 0 Å². The van der Waals surface area contributed by atoms with E-state index in [2.05, 4.69) is 4.98 Å². The number of aliphatic hydroxyl groups excluding tert-OH is 1. The zero-order valence-electron chi connectivity index (χ0n) is 12.5. The van der Waals surface area contributed by atoms with E-state index in [4.69, 9.17) is 10.5 Å². The van der Waals surface area contributed by atoms with Crippen LogP contribution < -0.4 is 10.5 Å². The summed E-state index contributed by atoms with van der Waals surface area (Å²) in [7, 11) is 0. The van der Waals surface area contributed by atoms with Crippen molar-refractivity contribution in [2.75, 3.05) is 0 Å². The standard InChI is InChI=1S/C17H20N2O2/c1-10-8-12(6-7-19-10)11-4-5-14-13(9-11)15(18)16(20)17(2,3)21-14/h4-9,15-16,20H,18H2,1-3H3. The van der Waals surface area contributed by atoms with Gasteiger partial charge in [0.25, 0.3) is 0 Å². The van der Waals surface area contributed by atoms with Crippen molar-refractivity contribution in [1.29, 1.82) is 0 Å². The fourth-order valence-corrected chi connectivity index (χ4v) is 2.75. The molecular weight excluding hydrogens is 264 g/mol. The van der Waals surface area contributed by atoms with Gasteiger partial charge in [-0.15, -0.1) is 0 Å². The number of nitrogens with zero attached hydrogens (tertiary/aromatic N) is 1. The number of pyridine rings is 1. The number of ether oxygens (including phenoxy) is 1. The van der Waals surface area contributed by atoms with Crippen molar-refractivity contribution in [1.82, 2.24) is 4.98 Å². The second-order valence-corrected chi connectivity index (χ2v) is 6.11. The van der Waals surface area contributed by atoms with E-state index in [1.54, 1.807) is 6.20 Å². The highest BCUT2D eigenvalue weighted by atomic mass is 16.5. The normalized spacial score (nSPS) is 23.3. The Bertz CT molecular complexity index is 682. The van der Waals surface area contributed by atoms with Crippen molar-refractivity contribution >= 4 is 0 Å². The fourth-order valence-electron chi connectivity index (χ4n) is 2.75. The van der Waals surface area contributed by atoms with E-state index < -0.39 is 17.7 Å². The highest BCUT2D eigenvalue weighted by molar-refractivity contribution is 5.66. The van der Waals surface area contributed by atoms with Crippen LogP contribution in [0.15, 0.2) is 36.5 Å². The van der Waals surface area contributed by atoms with Gasteiger partial charge in [0.05, 0.1) is 6.04 Å². The molecule has 2 heterocycles. The molecule has 0 amide bonds. The van der Waals surface area contributed by atoms with Crippen LogP contribution in [0, 0.1) is 6.92 Å². The molecule has 1 aliphatic rings. The highest BCUT2D eigenvalue weighted by Crippen LogP contribution is 2.40. The SMILES string of the molecule is Cc1cc(-c2ccc3c(c2)C(N)C(O)C(C)(C)O3)ccn1. The number of rotatable bonds is 1. The molecule has 4 heteroatoms. The predicted molar refractivity (Wildman–Crippen MR) is 82.1 cm³/mol. The summed E-state index contributed by atoms with van der Waals surface area (Å²) in [5.41, 5.74) is 9.45. The van der Waals surface area contributed by atoms with E-state index in [1.807, 2.05) is 51.1 Å². The molecule has 1 aliphatic heterocycles. The molecule has 1 aromatic heterocycles. The summed E-state index contributed by atoms with van der Waals surface area (Å²) in [5.74, 6) is 0.743. The molecule has 1 aromatic carbocycles. The Morgan fingerprint density at radius 1 is 1.19 bits per heavy atom. The first-order valence-electron chi connectivity index (χ1n) is 7.08. The van der Waals surface area contributed by atoms with Gasteiger partial charge in [-0.1, -0.05) is 6.07 Å². The molecule has 0 fully saturated rings. The molecule has 2 unspecified atom stereocenters. The minimum absolute atomic E-state index is 0.452. The monoisotopic (exact) mass is 284 g/mol. The predicted octanol–water partition coefficient (Wildman–Crippen LogP) is 2.59. The van der Waals surface area contributed by atoms with Gasteiger partial charge in [0.1, 0.15) is 17.5 Å². The van der Waals surface area contributed by atoms with Crippen LogP contribution in [0.2, 0.25) is 0 Å². The lowest BCUT2D eigenvalue weighted by molar-refractivity contribution is -0.0571. The van der Waals surface area contributed by atoms with E-state index in [9.17, 15) is 5.11 Å². The van der Waals surface area contributed by atoms with Crippen LogP contribution in [0.1, 0.15) is 31.1 Å². The fraction of sp³-hybridized carbons (Fsp3) is 0.353. The van der Waals surface area contributed by atoms with Crippen molar-refractivity contribution in [3.8, 4) is 16.9 Å². The third-order valence-corrected chi connectivity index (χ3v) is 4.02. The van der Waals surface area contributed by atoms with Crippen molar-refractivity contribution in [2.45, 2.75) is 38.5 Å².